The molecule has 0 saturated carbocycles. The quantitative estimate of drug-likeness (QED) is 0.432. The van der Waals surface area contributed by atoms with Crippen LogP contribution in [0.25, 0.3) is 10.9 Å². The van der Waals surface area contributed by atoms with Gasteiger partial charge in [0.05, 0.1) is 11.1 Å². The van der Waals surface area contributed by atoms with E-state index in [1.807, 2.05) is 37.3 Å². The van der Waals surface area contributed by atoms with Crippen molar-refractivity contribution in [1.29, 1.82) is 0 Å². The molecule has 0 aliphatic heterocycles. The number of hydrogen-bond acceptors (Lipinski definition) is 3. The molecule has 3 aromatic rings. The number of aryl methyl sites for hydroxylation is 1. The highest BCUT2D eigenvalue weighted by molar-refractivity contribution is 6.11. The second-order valence-electron chi connectivity index (χ2n) is 5.02. The third kappa shape index (κ3) is 2.17. The number of aromatic nitrogens is 1. The number of hydrazine groups is 1. The first kappa shape index (κ1) is 14.0. The summed E-state index contributed by atoms with van der Waals surface area (Å²) in [6.07, 6.45) is 1.53. The lowest BCUT2D eigenvalue weighted by Crippen LogP contribution is -2.29. The number of para-hydroxylation sites is 1. The smallest absolute Gasteiger partial charge is 0.267 e. The Kier molecular flexibility index (Phi) is 3.48. The molecule has 0 fully saturated rings. The average molecular weight is 293 g/mol. The predicted molar refractivity (Wildman–Crippen MR) is 84.5 cm³/mol. The standard InChI is InChI=1S/C17H15N3O2/c1-11-6-2-3-7-12(11)17(22)20-10-14(16(21)19-18)13-8-4-5-9-15(13)20/h2-10H,18H2,1H3,(H,19,21). The number of nitrogens with two attached hydrogens (primary N) is 1. The van der Waals surface area contributed by atoms with E-state index < -0.39 is 5.91 Å². The molecule has 0 saturated heterocycles. The molecule has 22 heavy (non-hydrogen) atoms. The van der Waals surface area contributed by atoms with Crippen molar-refractivity contribution in [2.75, 3.05) is 0 Å². The summed E-state index contributed by atoms with van der Waals surface area (Å²) in [6, 6.07) is 14.6. The van der Waals surface area contributed by atoms with Crippen molar-refractivity contribution in [1.82, 2.24) is 9.99 Å². The number of fused-ring (bicyclic) bond motifs is 1. The molecule has 0 bridgehead atoms. The van der Waals surface area contributed by atoms with Gasteiger partial charge in [-0.05, 0) is 24.6 Å². The van der Waals surface area contributed by atoms with Crippen LogP contribution in [0, 0.1) is 6.92 Å². The van der Waals surface area contributed by atoms with Crippen LogP contribution < -0.4 is 11.3 Å². The Morgan fingerprint density at radius 3 is 2.41 bits per heavy atom. The molecule has 5 nitrogen and oxygen atoms in total. The van der Waals surface area contributed by atoms with Gasteiger partial charge in [0.2, 0.25) is 0 Å². The molecular weight excluding hydrogens is 278 g/mol. The number of carbonyl (C=O) groups excluding carboxylic acids is 2. The van der Waals surface area contributed by atoms with Crippen LogP contribution in [-0.4, -0.2) is 16.4 Å². The summed E-state index contributed by atoms with van der Waals surface area (Å²) in [5, 5.41) is 0.687. The van der Waals surface area contributed by atoms with Crippen molar-refractivity contribution in [3.05, 3.63) is 71.4 Å². The van der Waals surface area contributed by atoms with Gasteiger partial charge in [-0.15, -0.1) is 0 Å². The number of nitrogens with zero attached hydrogens (tertiary/aromatic N) is 1. The Morgan fingerprint density at radius 1 is 1.00 bits per heavy atom. The molecular formula is C17H15N3O2. The predicted octanol–water partition coefficient (Wildman–Crippen LogP) is 2.24. The lowest BCUT2D eigenvalue weighted by Gasteiger charge is -2.06. The van der Waals surface area contributed by atoms with Gasteiger partial charge < -0.3 is 0 Å². The van der Waals surface area contributed by atoms with Gasteiger partial charge in [0.15, 0.2) is 0 Å². The number of nitrogens with one attached hydrogen (secondary N) is 1. The minimum atomic E-state index is -0.424. The monoisotopic (exact) mass is 293 g/mol. The normalized spacial score (nSPS) is 10.6. The summed E-state index contributed by atoms with van der Waals surface area (Å²) < 4.78 is 1.49. The van der Waals surface area contributed by atoms with Crippen LogP contribution in [0.4, 0.5) is 0 Å². The number of carbonyl (C=O) groups is 2. The van der Waals surface area contributed by atoms with E-state index in [-0.39, 0.29) is 5.91 Å². The Balaban J connectivity index is 2.22. The summed E-state index contributed by atoms with van der Waals surface area (Å²) in [4.78, 5) is 24.7. The van der Waals surface area contributed by atoms with Crippen LogP contribution in [0.5, 0.6) is 0 Å². The summed E-state index contributed by atoms with van der Waals surface area (Å²) in [6.45, 7) is 1.88. The first-order valence-corrected chi connectivity index (χ1v) is 6.85. The fourth-order valence-corrected chi connectivity index (χ4v) is 2.55. The van der Waals surface area contributed by atoms with Gasteiger partial charge >= 0.3 is 0 Å². The first-order chi connectivity index (χ1) is 10.6. The minimum Gasteiger partial charge on any atom is -0.290 e. The maximum absolute atomic E-state index is 12.8. The Hall–Kier alpha value is -2.92. The van der Waals surface area contributed by atoms with Crippen LogP contribution in [0.1, 0.15) is 26.3 Å². The van der Waals surface area contributed by atoms with E-state index in [0.29, 0.717) is 22.0 Å². The number of nitrogen functional groups attached to an aromatic ring is 1. The second kappa shape index (κ2) is 5.46. The minimum absolute atomic E-state index is 0.176. The van der Waals surface area contributed by atoms with E-state index >= 15 is 0 Å². The maximum Gasteiger partial charge on any atom is 0.267 e. The summed E-state index contributed by atoms with van der Waals surface area (Å²) in [5.41, 5.74) is 4.65. The molecule has 110 valence electrons. The molecule has 0 aliphatic carbocycles. The fourth-order valence-electron chi connectivity index (χ4n) is 2.55. The van der Waals surface area contributed by atoms with Gasteiger partial charge in [0.1, 0.15) is 0 Å². The molecule has 0 radical (unpaired) electrons. The van der Waals surface area contributed by atoms with E-state index in [1.165, 1.54) is 10.8 Å². The Bertz CT molecular complexity index is 880. The SMILES string of the molecule is Cc1ccccc1C(=O)n1cc(C(=O)NN)c2ccccc21. The number of rotatable bonds is 2. The zero-order valence-corrected chi connectivity index (χ0v) is 12.0. The lowest BCUT2D eigenvalue weighted by atomic mass is 10.1. The van der Waals surface area contributed by atoms with Gasteiger partial charge in [-0.1, -0.05) is 36.4 Å². The lowest BCUT2D eigenvalue weighted by molar-refractivity contribution is 0.0955. The van der Waals surface area contributed by atoms with Gasteiger partial charge in [-0.3, -0.25) is 19.6 Å². The van der Waals surface area contributed by atoms with Gasteiger partial charge in [0, 0.05) is 17.1 Å². The first-order valence-electron chi connectivity index (χ1n) is 6.85. The highest BCUT2D eigenvalue weighted by atomic mass is 16.2. The highest BCUT2D eigenvalue weighted by Crippen LogP contribution is 2.23. The number of hydrogen-bond donors (Lipinski definition) is 2. The average Bonchev–Trinajstić information content (AvgIpc) is 2.94. The topological polar surface area (TPSA) is 77.1 Å². The molecule has 0 atom stereocenters. The molecule has 0 spiro atoms. The molecule has 1 aromatic heterocycles. The third-order valence-electron chi connectivity index (χ3n) is 3.68. The molecule has 3 rings (SSSR count). The van der Waals surface area contributed by atoms with Crippen molar-refractivity contribution < 1.29 is 9.59 Å². The summed E-state index contributed by atoms with van der Waals surface area (Å²) >= 11 is 0. The summed E-state index contributed by atoms with van der Waals surface area (Å²) in [5.74, 6) is 4.62. The van der Waals surface area contributed by atoms with Crippen molar-refractivity contribution in [3.8, 4) is 0 Å². The second-order valence-corrected chi connectivity index (χ2v) is 5.02. The maximum atomic E-state index is 12.8. The molecule has 1 amide bonds. The van der Waals surface area contributed by atoms with E-state index in [0.717, 1.165) is 5.56 Å². The Labute approximate surface area is 127 Å². The van der Waals surface area contributed by atoms with Crippen molar-refractivity contribution in [2.45, 2.75) is 6.92 Å². The highest BCUT2D eigenvalue weighted by Gasteiger charge is 2.19. The molecule has 5 heteroatoms. The largest absolute Gasteiger partial charge is 0.290 e. The summed E-state index contributed by atoms with van der Waals surface area (Å²) in [7, 11) is 0. The van der Waals surface area contributed by atoms with Crippen LogP contribution in [-0.2, 0) is 0 Å². The van der Waals surface area contributed by atoms with E-state index in [9.17, 15) is 9.59 Å². The Morgan fingerprint density at radius 2 is 1.68 bits per heavy atom. The molecule has 1 heterocycles. The molecule has 3 N–H and O–H groups in total. The van der Waals surface area contributed by atoms with Crippen LogP contribution in [0.2, 0.25) is 0 Å². The molecule has 2 aromatic carbocycles. The molecule has 0 aliphatic rings. The number of amides is 1. The number of benzene rings is 2. The van der Waals surface area contributed by atoms with Crippen LogP contribution >= 0.6 is 0 Å². The van der Waals surface area contributed by atoms with E-state index in [4.69, 9.17) is 5.84 Å². The molecule has 0 unspecified atom stereocenters. The van der Waals surface area contributed by atoms with Gasteiger partial charge in [-0.25, -0.2) is 5.84 Å². The van der Waals surface area contributed by atoms with Gasteiger partial charge in [-0.2, -0.15) is 0 Å². The van der Waals surface area contributed by atoms with E-state index in [1.54, 1.807) is 18.2 Å². The van der Waals surface area contributed by atoms with E-state index in [2.05, 4.69) is 5.43 Å². The van der Waals surface area contributed by atoms with Gasteiger partial charge in [0.25, 0.3) is 11.8 Å². The van der Waals surface area contributed by atoms with Crippen molar-refractivity contribution in [3.63, 3.8) is 0 Å². The third-order valence-corrected chi connectivity index (χ3v) is 3.68. The van der Waals surface area contributed by atoms with Crippen molar-refractivity contribution in [2.24, 2.45) is 5.84 Å². The van der Waals surface area contributed by atoms with Crippen LogP contribution in [0.15, 0.2) is 54.7 Å². The zero-order valence-electron chi connectivity index (χ0n) is 12.0. The fraction of sp³-hybridized carbons (Fsp3) is 0.0588. The van der Waals surface area contributed by atoms with Crippen molar-refractivity contribution >= 4 is 22.7 Å². The van der Waals surface area contributed by atoms with Crippen LogP contribution in [0.3, 0.4) is 0 Å². The zero-order chi connectivity index (χ0) is 15.7.